The van der Waals surface area contributed by atoms with Crippen LogP contribution >= 0.6 is 0 Å². The fourth-order valence-corrected chi connectivity index (χ4v) is 12.2. The predicted octanol–water partition coefficient (Wildman–Crippen LogP) is 14.7. The van der Waals surface area contributed by atoms with E-state index in [1.807, 2.05) is 36.4 Å². The average Bonchev–Trinajstić information content (AvgIpc) is 3.87. The minimum Gasteiger partial charge on any atom is -0.500 e. The molecule has 311 valence electrons. The third-order valence-corrected chi connectivity index (χ3v) is 16.1. The maximum Gasteiger partial charge on any atom is 0.120 e. The van der Waals surface area contributed by atoms with Gasteiger partial charge in [-0.3, -0.25) is 4.98 Å². The molecule has 0 bridgehead atoms. The Labute approximate surface area is 385 Å². The smallest absolute Gasteiger partial charge is 0.120 e. The first-order valence-electron chi connectivity index (χ1n) is 21.5. The molecule has 3 aromatic heterocycles. The molecule has 3 heterocycles. The van der Waals surface area contributed by atoms with Crippen molar-refractivity contribution in [3.63, 3.8) is 0 Å². The molecular formula is C57H47GeIrN3O-2. The molecule has 0 N–H and O–H groups in total. The summed E-state index contributed by atoms with van der Waals surface area (Å²) in [6.07, 6.45) is 3.27. The van der Waals surface area contributed by atoms with Crippen molar-refractivity contribution in [3.05, 3.63) is 194 Å². The second-order valence-corrected chi connectivity index (χ2v) is 28.1. The van der Waals surface area contributed by atoms with Crippen LogP contribution in [0.3, 0.4) is 0 Å². The number of para-hydroxylation sites is 1. The van der Waals surface area contributed by atoms with E-state index in [0.717, 1.165) is 84.2 Å². The van der Waals surface area contributed by atoms with Crippen LogP contribution in [0.15, 0.2) is 180 Å². The number of benzene rings is 8. The molecule has 0 saturated heterocycles. The topological polar surface area (TPSA) is 43.9 Å². The molecule has 0 unspecified atom stereocenters. The Morgan fingerprint density at radius 2 is 1.32 bits per heavy atom. The molecule has 0 atom stereocenters. The van der Waals surface area contributed by atoms with Crippen LogP contribution in [0.4, 0.5) is 0 Å². The molecule has 6 heteroatoms. The van der Waals surface area contributed by atoms with Crippen molar-refractivity contribution in [2.45, 2.75) is 37.5 Å². The van der Waals surface area contributed by atoms with E-state index in [1.165, 1.54) is 21.7 Å². The average molecular weight is 1050 g/mol. The number of hydrogen-bond donors (Lipinski definition) is 0. The van der Waals surface area contributed by atoms with Crippen LogP contribution in [-0.2, 0) is 26.5 Å². The fourth-order valence-electron chi connectivity index (χ4n) is 8.85. The molecule has 1 radical (unpaired) electrons. The second kappa shape index (κ2) is 17.6. The Balaban J connectivity index is 0.000000204. The Morgan fingerprint density at radius 1 is 0.635 bits per heavy atom. The number of nitrogens with zero attached hydrogens (tertiary/aromatic N) is 3. The van der Waals surface area contributed by atoms with Crippen LogP contribution in [-0.4, -0.2) is 27.8 Å². The number of pyridine rings is 1. The molecule has 11 rings (SSSR count). The van der Waals surface area contributed by atoms with E-state index in [-0.39, 0.29) is 20.1 Å². The maximum absolute atomic E-state index is 6.15. The third kappa shape index (κ3) is 8.18. The maximum atomic E-state index is 6.15. The number of aromatic nitrogens is 3. The van der Waals surface area contributed by atoms with Crippen molar-refractivity contribution in [1.82, 2.24) is 14.5 Å². The second-order valence-electron chi connectivity index (χ2n) is 17.5. The van der Waals surface area contributed by atoms with E-state index in [0.29, 0.717) is 5.92 Å². The van der Waals surface area contributed by atoms with Gasteiger partial charge in [-0.25, -0.2) is 0 Å². The summed E-state index contributed by atoms with van der Waals surface area (Å²) in [6, 6.07) is 66.0. The van der Waals surface area contributed by atoms with E-state index in [9.17, 15) is 0 Å². The summed E-state index contributed by atoms with van der Waals surface area (Å²) in [6.45, 7) is 4.57. The monoisotopic (exact) mass is 1060 g/mol. The molecule has 0 aliphatic carbocycles. The Bertz CT molecular complexity index is 3400. The van der Waals surface area contributed by atoms with Crippen LogP contribution < -0.4 is 4.40 Å². The molecule has 0 fully saturated rings. The van der Waals surface area contributed by atoms with Crippen molar-refractivity contribution in [1.29, 1.82) is 0 Å². The number of rotatable bonds is 7. The zero-order valence-corrected chi connectivity index (χ0v) is 40.6. The first kappa shape index (κ1) is 42.2. The van der Waals surface area contributed by atoms with E-state index < -0.39 is 13.3 Å². The van der Waals surface area contributed by atoms with Gasteiger partial charge in [0.1, 0.15) is 5.58 Å². The molecule has 4 nitrogen and oxygen atoms in total. The molecule has 8 aromatic carbocycles. The Hall–Kier alpha value is -6.11. The van der Waals surface area contributed by atoms with Gasteiger partial charge in [-0.15, -0.1) is 23.8 Å². The van der Waals surface area contributed by atoms with Crippen LogP contribution in [0.5, 0.6) is 0 Å². The van der Waals surface area contributed by atoms with E-state index >= 15 is 0 Å². The van der Waals surface area contributed by atoms with Crippen molar-refractivity contribution in [2.24, 2.45) is 5.92 Å². The van der Waals surface area contributed by atoms with Gasteiger partial charge in [0, 0.05) is 41.8 Å². The summed E-state index contributed by atoms with van der Waals surface area (Å²) < 4.78 is 10.0. The van der Waals surface area contributed by atoms with Gasteiger partial charge in [0.2, 0.25) is 0 Å². The van der Waals surface area contributed by atoms with E-state index in [2.05, 4.69) is 187 Å². The first-order chi connectivity index (χ1) is 30.2. The molecular weight excluding hydrogens is 1010 g/mol. The van der Waals surface area contributed by atoms with Crippen LogP contribution in [0, 0.1) is 18.1 Å². The van der Waals surface area contributed by atoms with Gasteiger partial charge in [-0.1, -0.05) is 121 Å². The van der Waals surface area contributed by atoms with Gasteiger partial charge in [0.15, 0.2) is 0 Å². The van der Waals surface area contributed by atoms with Gasteiger partial charge in [0.25, 0.3) is 0 Å². The van der Waals surface area contributed by atoms with Crippen LogP contribution in [0.1, 0.15) is 19.4 Å². The largest absolute Gasteiger partial charge is 0.500 e. The third-order valence-electron chi connectivity index (χ3n) is 11.7. The Morgan fingerprint density at radius 3 is 2.06 bits per heavy atom. The predicted molar refractivity (Wildman–Crippen MR) is 263 cm³/mol. The summed E-state index contributed by atoms with van der Waals surface area (Å²) in [5.74, 6) is 8.84. The first-order valence-corrected chi connectivity index (χ1v) is 28.8. The Kier molecular flexibility index (Phi) is 11.8. The summed E-state index contributed by atoms with van der Waals surface area (Å²) in [7, 11) is 0. The molecule has 0 aliphatic rings. The number of imidazole rings is 1. The zero-order valence-electron chi connectivity index (χ0n) is 36.1. The molecule has 0 saturated carbocycles. The molecule has 0 aliphatic heterocycles. The van der Waals surface area contributed by atoms with Crippen LogP contribution in [0.25, 0.3) is 94.0 Å². The quantitative estimate of drug-likeness (QED) is 0.118. The van der Waals surface area contributed by atoms with Gasteiger partial charge in [-0.05, 0) is 28.5 Å². The standard InChI is InChI=1S/C39H23N2O.C18H24GeN.Ir/c1-2-10-25(11-3-1)31-21-18-27-13-5-7-15-30(27)38(31)41-34-22-19-26-12-4-6-14-29(26)37(34)40-39(41)28-20-23-36-33(24-28)32-16-8-9-17-35(32)42-36;1-14(2)11-16-12-18(15-9-7-6-8-10-15)20-13-17(16)19(3,4)5;/h1-19,21-24H;6-9,12-14H,11H2,1-5H3;/q2*-1;. The summed E-state index contributed by atoms with van der Waals surface area (Å²) in [4.78, 5) is 10.1. The van der Waals surface area contributed by atoms with Crippen molar-refractivity contribution in [2.75, 3.05) is 0 Å². The molecule has 0 spiro atoms. The van der Waals surface area contributed by atoms with Gasteiger partial charge >= 0.3 is 126 Å². The SMILES string of the molecule is CC(C)Cc1cc(-c2[c-]cccc2)nc[c]1[Ge]([CH3])([CH3])[CH3].[Ir].[c-]1cc2oc3ccccc3c2cc1-c1nc2c3ccccc3ccc2n1-c1c(-c2ccccc2)ccc2ccccc12. The van der Waals surface area contributed by atoms with Gasteiger partial charge in [0.05, 0.1) is 28.1 Å². The van der Waals surface area contributed by atoms with Gasteiger partial charge < -0.3 is 8.98 Å². The molecule has 63 heavy (non-hydrogen) atoms. The normalized spacial score (nSPS) is 11.7. The minimum atomic E-state index is -1.86. The van der Waals surface area contributed by atoms with Crippen LogP contribution in [0.2, 0.25) is 17.3 Å². The number of furan rings is 1. The zero-order chi connectivity index (χ0) is 42.4. The molecule has 11 aromatic rings. The van der Waals surface area contributed by atoms with Crippen molar-refractivity contribution < 1.29 is 24.5 Å². The summed E-state index contributed by atoms with van der Waals surface area (Å²) >= 11 is -1.86. The minimum absolute atomic E-state index is 0. The number of hydrogen-bond acceptors (Lipinski definition) is 3. The van der Waals surface area contributed by atoms with Gasteiger partial charge in [-0.2, -0.15) is 0 Å². The molecule has 0 amide bonds. The summed E-state index contributed by atoms with van der Waals surface area (Å²) in [5, 5.41) is 6.80. The van der Waals surface area contributed by atoms with Crippen molar-refractivity contribution in [3.8, 4) is 39.5 Å². The van der Waals surface area contributed by atoms with E-state index in [4.69, 9.17) is 14.4 Å². The van der Waals surface area contributed by atoms with E-state index in [1.54, 1.807) is 4.40 Å². The van der Waals surface area contributed by atoms with Crippen molar-refractivity contribution >= 4 is 72.2 Å². The number of fused-ring (bicyclic) bond motifs is 7. The summed E-state index contributed by atoms with van der Waals surface area (Å²) in [5.41, 5.74) is 11.7. The fraction of sp³-hybridized carbons (Fsp3) is 0.123.